The van der Waals surface area contributed by atoms with Crippen LogP contribution < -0.4 is 10.1 Å². The van der Waals surface area contributed by atoms with E-state index in [0.717, 1.165) is 4.47 Å². The molecular formula is C18H17BrCl2N2O3. The molecule has 0 atom stereocenters. The van der Waals surface area contributed by atoms with E-state index in [-0.39, 0.29) is 25.0 Å². The van der Waals surface area contributed by atoms with Crippen molar-refractivity contribution in [2.75, 3.05) is 25.0 Å². The number of anilines is 1. The third kappa shape index (κ3) is 5.90. The molecular weight excluding hydrogens is 443 g/mol. The van der Waals surface area contributed by atoms with Gasteiger partial charge in [0.25, 0.3) is 5.91 Å². The summed E-state index contributed by atoms with van der Waals surface area (Å²) >= 11 is 15.4. The SMILES string of the molecule is CCN(CC(=O)Nc1c(Cl)cccc1Cl)C(=O)COc1ccc(Br)cc1. The number of hydrogen-bond donors (Lipinski definition) is 1. The number of likely N-dealkylation sites (N-methyl/N-ethyl adjacent to an activating group) is 1. The predicted molar refractivity (Wildman–Crippen MR) is 107 cm³/mol. The van der Waals surface area contributed by atoms with Crippen molar-refractivity contribution in [3.8, 4) is 5.75 Å². The standard InChI is InChI=1S/C18H17BrCl2N2O3/c1-2-23(17(25)11-26-13-8-6-12(19)7-9-13)10-16(24)22-18-14(20)4-3-5-15(18)21/h3-9H,2,10-11H2,1H3,(H,22,24). The summed E-state index contributed by atoms with van der Waals surface area (Å²) < 4.78 is 6.38. The summed E-state index contributed by atoms with van der Waals surface area (Å²) in [5.74, 6) is -0.112. The second-order valence-corrected chi connectivity index (χ2v) is 7.03. The van der Waals surface area contributed by atoms with E-state index in [1.54, 1.807) is 37.3 Å². The first-order valence-electron chi connectivity index (χ1n) is 7.80. The summed E-state index contributed by atoms with van der Waals surface area (Å²) in [4.78, 5) is 25.9. The number of hydrogen-bond acceptors (Lipinski definition) is 3. The topological polar surface area (TPSA) is 58.6 Å². The Morgan fingerprint density at radius 1 is 1.12 bits per heavy atom. The van der Waals surface area contributed by atoms with Crippen LogP contribution in [0.25, 0.3) is 0 Å². The molecule has 0 aliphatic carbocycles. The van der Waals surface area contributed by atoms with Crippen molar-refractivity contribution in [3.05, 3.63) is 57.0 Å². The van der Waals surface area contributed by atoms with E-state index >= 15 is 0 Å². The zero-order chi connectivity index (χ0) is 19.1. The maximum Gasteiger partial charge on any atom is 0.260 e. The minimum atomic E-state index is -0.390. The van der Waals surface area contributed by atoms with Gasteiger partial charge in [-0.05, 0) is 43.3 Å². The van der Waals surface area contributed by atoms with Crippen LogP contribution in [-0.4, -0.2) is 36.4 Å². The third-order valence-electron chi connectivity index (χ3n) is 3.47. The van der Waals surface area contributed by atoms with E-state index in [1.807, 2.05) is 12.1 Å². The van der Waals surface area contributed by atoms with Gasteiger partial charge in [0, 0.05) is 11.0 Å². The maximum absolute atomic E-state index is 12.3. The number of amides is 2. The first-order valence-corrected chi connectivity index (χ1v) is 9.35. The maximum atomic E-state index is 12.3. The predicted octanol–water partition coefficient (Wildman–Crippen LogP) is 4.62. The summed E-state index contributed by atoms with van der Waals surface area (Å²) in [5.41, 5.74) is 0.329. The Labute approximate surface area is 170 Å². The number of ether oxygens (including phenoxy) is 1. The molecule has 0 unspecified atom stereocenters. The van der Waals surface area contributed by atoms with Crippen molar-refractivity contribution >= 4 is 56.6 Å². The highest BCUT2D eigenvalue weighted by atomic mass is 79.9. The average molecular weight is 460 g/mol. The zero-order valence-electron chi connectivity index (χ0n) is 14.0. The average Bonchev–Trinajstić information content (AvgIpc) is 2.62. The van der Waals surface area contributed by atoms with Crippen LogP contribution >= 0.6 is 39.1 Å². The molecule has 2 aromatic rings. The smallest absolute Gasteiger partial charge is 0.260 e. The van der Waals surface area contributed by atoms with Gasteiger partial charge in [-0.15, -0.1) is 0 Å². The van der Waals surface area contributed by atoms with Gasteiger partial charge in [0.15, 0.2) is 6.61 Å². The molecule has 5 nitrogen and oxygen atoms in total. The molecule has 0 spiro atoms. The summed E-state index contributed by atoms with van der Waals surface area (Å²) in [7, 11) is 0. The Balaban J connectivity index is 1.91. The highest BCUT2D eigenvalue weighted by Gasteiger charge is 2.17. The van der Waals surface area contributed by atoms with Crippen LogP contribution in [0.3, 0.4) is 0 Å². The van der Waals surface area contributed by atoms with Gasteiger partial charge in [-0.25, -0.2) is 0 Å². The lowest BCUT2D eigenvalue weighted by Crippen LogP contribution is -2.40. The van der Waals surface area contributed by atoms with Gasteiger partial charge in [-0.2, -0.15) is 0 Å². The number of carbonyl (C=O) groups is 2. The molecule has 2 amide bonds. The van der Waals surface area contributed by atoms with E-state index < -0.39 is 0 Å². The second-order valence-electron chi connectivity index (χ2n) is 5.30. The molecule has 0 bridgehead atoms. The molecule has 0 aliphatic rings. The number of carbonyl (C=O) groups excluding carboxylic acids is 2. The third-order valence-corrected chi connectivity index (χ3v) is 4.63. The lowest BCUT2D eigenvalue weighted by Gasteiger charge is -2.21. The number of nitrogens with zero attached hydrogens (tertiary/aromatic N) is 1. The van der Waals surface area contributed by atoms with Gasteiger partial charge in [0.1, 0.15) is 5.75 Å². The quantitative estimate of drug-likeness (QED) is 0.656. The van der Waals surface area contributed by atoms with Crippen molar-refractivity contribution < 1.29 is 14.3 Å². The van der Waals surface area contributed by atoms with Gasteiger partial charge in [-0.1, -0.05) is 45.2 Å². The first kappa shape index (κ1) is 20.6. The molecule has 138 valence electrons. The molecule has 0 saturated heterocycles. The van der Waals surface area contributed by atoms with Gasteiger partial charge in [0.2, 0.25) is 5.91 Å². The Bertz CT molecular complexity index is 764. The van der Waals surface area contributed by atoms with Crippen LogP contribution in [-0.2, 0) is 9.59 Å². The zero-order valence-corrected chi connectivity index (χ0v) is 17.1. The number of rotatable bonds is 7. The van der Waals surface area contributed by atoms with Crippen LogP contribution in [0.5, 0.6) is 5.75 Å². The fraction of sp³-hybridized carbons (Fsp3) is 0.222. The van der Waals surface area contributed by atoms with E-state index in [9.17, 15) is 9.59 Å². The second kappa shape index (κ2) is 9.80. The van der Waals surface area contributed by atoms with Crippen LogP contribution in [0.1, 0.15) is 6.92 Å². The van der Waals surface area contributed by atoms with Crippen LogP contribution in [0, 0.1) is 0 Å². The van der Waals surface area contributed by atoms with Gasteiger partial charge < -0.3 is 15.0 Å². The van der Waals surface area contributed by atoms with E-state index in [1.165, 1.54) is 4.90 Å². The molecule has 0 heterocycles. The van der Waals surface area contributed by atoms with Crippen LogP contribution in [0.15, 0.2) is 46.9 Å². The minimum Gasteiger partial charge on any atom is -0.484 e. The van der Waals surface area contributed by atoms with Gasteiger partial charge in [-0.3, -0.25) is 9.59 Å². The highest BCUT2D eigenvalue weighted by molar-refractivity contribution is 9.10. The van der Waals surface area contributed by atoms with Gasteiger partial charge >= 0.3 is 0 Å². The van der Waals surface area contributed by atoms with Crippen molar-refractivity contribution in [1.29, 1.82) is 0 Å². The summed E-state index contributed by atoms with van der Waals surface area (Å²) in [6, 6.07) is 12.1. The Hall–Kier alpha value is -1.76. The highest BCUT2D eigenvalue weighted by Crippen LogP contribution is 2.29. The summed E-state index contributed by atoms with van der Waals surface area (Å²) in [6.07, 6.45) is 0. The van der Waals surface area contributed by atoms with Crippen molar-refractivity contribution in [1.82, 2.24) is 4.90 Å². The van der Waals surface area contributed by atoms with Crippen molar-refractivity contribution in [2.45, 2.75) is 6.92 Å². The Kier molecular flexibility index (Phi) is 7.75. The minimum absolute atomic E-state index is 0.124. The number of nitrogens with one attached hydrogen (secondary N) is 1. The first-order chi connectivity index (χ1) is 12.4. The normalized spacial score (nSPS) is 10.3. The van der Waals surface area contributed by atoms with Gasteiger partial charge in [0.05, 0.1) is 22.3 Å². The molecule has 2 rings (SSSR count). The summed E-state index contributed by atoms with van der Waals surface area (Å²) in [5, 5.41) is 3.30. The molecule has 0 saturated carbocycles. The molecule has 26 heavy (non-hydrogen) atoms. The lowest BCUT2D eigenvalue weighted by atomic mass is 10.3. The van der Waals surface area contributed by atoms with E-state index in [2.05, 4.69) is 21.2 Å². The van der Waals surface area contributed by atoms with Crippen LogP contribution in [0.4, 0.5) is 5.69 Å². The largest absolute Gasteiger partial charge is 0.484 e. The monoisotopic (exact) mass is 458 g/mol. The molecule has 1 N–H and O–H groups in total. The molecule has 8 heteroatoms. The lowest BCUT2D eigenvalue weighted by molar-refractivity contribution is -0.136. The fourth-order valence-corrected chi connectivity index (χ4v) is 2.87. The van der Waals surface area contributed by atoms with E-state index in [0.29, 0.717) is 28.0 Å². The molecule has 0 aliphatic heterocycles. The molecule has 0 radical (unpaired) electrons. The van der Waals surface area contributed by atoms with E-state index in [4.69, 9.17) is 27.9 Å². The number of para-hydroxylation sites is 1. The molecule has 0 fully saturated rings. The number of halogens is 3. The Morgan fingerprint density at radius 3 is 2.31 bits per heavy atom. The Morgan fingerprint density at radius 2 is 1.73 bits per heavy atom. The van der Waals surface area contributed by atoms with Crippen molar-refractivity contribution in [2.24, 2.45) is 0 Å². The summed E-state index contributed by atoms with van der Waals surface area (Å²) in [6.45, 7) is 1.87. The molecule has 2 aromatic carbocycles. The molecule has 0 aromatic heterocycles. The number of benzene rings is 2. The van der Waals surface area contributed by atoms with Crippen molar-refractivity contribution in [3.63, 3.8) is 0 Å². The fourth-order valence-electron chi connectivity index (χ4n) is 2.11. The van der Waals surface area contributed by atoms with Crippen LogP contribution in [0.2, 0.25) is 10.0 Å².